The molecule has 3 aromatic rings. The number of anilines is 2. The van der Waals surface area contributed by atoms with E-state index < -0.39 is 16.9 Å². The van der Waals surface area contributed by atoms with Gasteiger partial charge in [0.1, 0.15) is 11.4 Å². The molecular formula is C26H34N6O5S. The van der Waals surface area contributed by atoms with Crippen LogP contribution in [0.5, 0.6) is 5.88 Å². The number of aryl methyl sites for hydroxylation is 1. The Morgan fingerprint density at radius 2 is 1.82 bits per heavy atom. The van der Waals surface area contributed by atoms with Gasteiger partial charge in [0.15, 0.2) is 0 Å². The fourth-order valence-corrected chi connectivity index (χ4v) is 4.84. The standard InChI is InChI=1S/C26H34N6O5S/c1-15-12-16(20-10-11-21(32-38(34)35)30-23(20)36-5)13-17-14-27-24(31-22(15)17)28-18-6-8-19(9-7-18)29-25(33)37-26(2,3)4/h10-14,18-19H,6-9H2,1-5H3,(H,29,33)(H,30,32)(H,34,35)(H,27,28,31). The minimum Gasteiger partial charge on any atom is -0.480 e. The van der Waals surface area contributed by atoms with Gasteiger partial charge < -0.3 is 20.1 Å². The lowest BCUT2D eigenvalue weighted by molar-refractivity contribution is 0.0492. The number of alkyl carbamates (subject to hydrolysis) is 1. The minimum atomic E-state index is -2.23. The number of ether oxygens (including phenoxy) is 2. The number of pyridine rings is 1. The van der Waals surface area contributed by atoms with E-state index in [1.807, 2.05) is 39.8 Å². The second-order valence-corrected chi connectivity index (χ2v) is 11.1. The van der Waals surface area contributed by atoms with Gasteiger partial charge in [-0.3, -0.25) is 9.27 Å². The van der Waals surface area contributed by atoms with Gasteiger partial charge in [-0.25, -0.2) is 19.0 Å². The van der Waals surface area contributed by atoms with Crippen molar-refractivity contribution in [2.24, 2.45) is 0 Å². The van der Waals surface area contributed by atoms with Crippen molar-refractivity contribution in [1.82, 2.24) is 20.3 Å². The van der Waals surface area contributed by atoms with Crippen molar-refractivity contribution in [3.05, 3.63) is 36.0 Å². The van der Waals surface area contributed by atoms with E-state index in [9.17, 15) is 9.00 Å². The van der Waals surface area contributed by atoms with E-state index in [2.05, 4.69) is 25.3 Å². The van der Waals surface area contributed by atoms with E-state index in [1.54, 1.807) is 18.3 Å². The van der Waals surface area contributed by atoms with Crippen LogP contribution < -0.4 is 20.1 Å². The van der Waals surface area contributed by atoms with Gasteiger partial charge in [-0.15, -0.1) is 0 Å². The van der Waals surface area contributed by atoms with E-state index in [-0.39, 0.29) is 24.0 Å². The Balaban J connectivity index is 1.44. The van der Waals surface area contributed by atoms with Crippen molar-refractivity contribution in [3.8, 4) is 17.0 Å². The summed E-state index contributed by atoms with van der Waals surface area (Å²) in [4.78, 5) is 25.6. The Labute approximate surface area is 224 Å². The summed E-state index contributed by atoms with van der Waals surface area (Å²) < 4.78 is 33.2. The summed E-state index contributed by atoms with van der Waals surface area (Å²) in [6.07, 6.45) is 4.91. The predicted molar refractivity (Wildman–Crippen MR) is 147 cm³/mol. The Morgan fingerprint density at radius 3 is 2.47 bits per heavy atom. The van der Waals surface area contributed by atoms with Crippen LogP contribution in [-0.2, 0) is 16.0 Å². The molecule has 11 nitrogen and oxygen atoms in total. The lowest BCUT2D eigenvalue weighted by Gasteiger charge is -2.30. The fourth-order valence-electron chi connectivity index (χ4n) is 4.55. The molecule has 1 fully saturated rings. The SMILES string of the molecule is COc1nc(NS(=O)O)ccc1-c1cc(C)c2nc(NC3CCC(NC(=O)OC(C)(C)C)CC3)ncc2c1. The van der Waals surface area contributed by atoms with Crippen molar-refractivity contribution in [2.75, 3.05) is 17.1 Å². The van der Waals surface area contributed by atoms with E-state index in [0.29, 0.717) is 11.8 Å². The first kappa shape index (κ1) is 27.5. The number of hydrogen-bond donors (Lipinski definition) is 4. The maximum absolute atomic E-state index is 12.1. The number of aromatic nitrogens is 3. The second kappa shape index (κ2) is 11.5. The Morgan fingerprint density at radius 1 is 1.11 bits per heavy atom. The smallest absolute Gasteiger partial charge is 0.407 e. The highest BCUT2D eigenvalue weighted by atomic mass is 32.2. The number of nitrogens with zero attached hydrogens (tertiary/aromatic N) is 3. The van der Waals surface area contributed by atoms with E-state index in [4.69, 9.17) is 19.0 Å². The molecule has 1 amide bonds. The van der Waals surface area contributed by atoms with Gasteiger partial charge in [-0.05, 0) is 88.8 Å². The van der Waals surface area contributed by atoms with Crippen LogP contribution in [0.2, 0.25) is 0 Å². The number of fused-ring (bicyclic) bond motifs is 1. The first-order valence-corrected chi connectivity index (χ1v) is 13.6. The fraction of sp³-hybridized carbons (Fsp3) is 0.462. The summed E-state index contributed by atoms with van der Waals surface area (Å²) in [6, 6.07) is 7.70. The molecule has 1 aromatic carbocycles. The van der Waals surface area contributed by atoms with Crippen LogP contribution in [0.15, 0.2) is 30.5 Å². The van der Waals surface area contributed by atoms with Crippen molar-refractivity contribution < 1.29 is 23.0 Å². The summed E-state index contributed by atoms with van der Waals surface area (Å²) in [6.45, 7) is 7.55. The molecule has 1 saturated carbocycles. The lowest BCUT2D eigenvalue weighted by atomic mass is 9.91. The van der Waals surface area contributed by atoms with Crippen LogP contribution in [0.25, 0.3) is 22.0 Å². The molecule has 4 N–H and O–H groups in total. The molecule has 38 heavy (non-hydrogen) atoms. The average molecular weight is 543 g/mol. The van der Waals surface area contributed by atoms with Crippen molar-refractivity contribution >= 4 is 40.0 Å². The number of carbonyl (C=O) groups is 1. The quantitative estimate of drug-likeness (QED) is 0.309. The number of amides is 1. The van der Waals surface area contributed by atoms with Gasteiger partial charge in [0, 0.05) is 29.2 Å². The predicted octanol–water partition coefficient (Wildman–Crippen LogP) is 4.81. The molecule has 0 radical (unpaired) electrons. The van der Waals surface area contributed by atoms with Crippen LogP contribution in [-0.4, -0.2) is 54.6 Å². The third-order valence-corrected chi connectivity index (χ3v) is 6.60. The third-order valence-electron chi connectivity index (χ3n) is 6.21. The molecule has 1 aliphatic carbocycles. The zero-order chi connectivity index (χ0) is 27.4. The maximum atomic E-state index is 12.1. The van der Waals surface area contributed by atoms with Crippen LogP contribution in [0.3, 0.4) is 0 Å². The summed E-state index contributed by atoms with van der Waals surface area (Å²) in [5.74, 6) is 1.14. The molecule has 0 saturated heterocycles. The first-order valence-electron chi connectivity index (χ1n) is 12.5. The van der Waals surface area contributed by atoms with Crippen molar-refractivity contribution in [3.63, 3.8) is 0 Å². The second-order valence-electron chi connectivity index (χ2n) is 10.4. The van der Waals surface area contributed by atoms with Gasteiger partial charge in [-0.1, -0.05) is 0 Å². The molecule has 0 spiro atoms. The summed E-state index contributed by atoms with van der Waals surface area (Å²) >= 11 is -2.23. The van der Waals surface area contributed by atoms with Gasteiger partial charge in [0.2, 0.25) is 11.8 Å². The van der Waals surface area contributed by atoms with Crippen LogP contribution in [0.1, 0.15) is 52.0 Å². The third kappa shape index (κ3) is 7.07. The highest BCUT2D eigenvalue weighted by molar-refractivity contribution is 7.80. The van der Waals surface area contributed by atoms with E-state index >= 15 is 0 Å². The molecule has 204 valence electrons. The van der Waals surface area contributed by atoms with Gasteiger partial charge in [-0.2, -0.15) is 4.98 Å². The largest absolute Gasteiger partial charge is 0.480 e. The molecule has 1 unspecified atom stereocenters. The average Bonchev–Trinajstić information content (AvgIpc) is 2.84. The molecule has 2 aromatic heterocycles. The van der Waals surface area contributed by atoms with Gasteiger partial charge >= 0.3 is 6.09 Å². The molecule has 0 bridgehead atoms. The topological polar surface area (TPSA) is 148 Å². The summed E-state index contributed by atoms with van der Waals surface area (Å²) in [5, 5.41) is 7.29. The summed E-state index contributed by atoms with van der Waals surface area (Å²) in [5.41, 5.74) is 2.91. The monoisotopic (exact) mass is 542 g/mol. The molecule has 4 rings (SSSR count). The minimum absolute atomic E-state index is 0.100. The molecule has 0 aliphatic heterocycles. The first-order chi connectivity index (χ1) is 18.0. The normalized spacial score (nSPS) is 18.5. The molecule has 1 atom stereocenters. The molecule has 12 heteroatoms. The van der Waals surface area contributed by atoms with E-state index in [1.165, 1.54) is 7.11 Å². The number of benzene rings is 1. The van der Waals surface area contributed by atoms with Crippen molar-refractivity contribution in [2.45, 2.75) is 71.1 Å². The number of rotatable bonds is 7. The van der Waals surface area contributed by atoms with Crippen LogP contribution >= 0.6 is 0 Å². The van der Waals surface area contributed by atoms with Gasteiger partial charge in [0.05, 0.1) is 12.6 Å². The number of carbonyl (C=O) groups excluding carboxylic acids is 1. The Bertz CT molecular complexity index is 1340. The molecule has 1 aliphatic rings. The van der Waals surface area contributed by atoms with E-state index in [0.717, 1.165) is 53.3 Å². The Kier molecular flexibility index (Phi) is 8.32. The number of nitrogens with one attached hydrogen (secondary N) is 3. The molecular weight excluding hydrogens is 508 g/mol. The van der Waals surface area contributed by atoms with Crippen LogP contribution in [0, 0.1) is 6.92 Å². The highest BCUT2D eigenvalue weighted by Gasteiger charge is 2.25. The van der Waals surface area contributed by atoms with Crippen molar-refractivity contribution in [1.29, 1.82) is 0 Å². The Hall–Kier alpha value is -3.51. The maximum Gasteiger partial charge on any atom is 0.407 e. The van der Waals surface area contributed by atoms with Crippen LogP contribution in [0.4, 0.5) is 16.6 Å². The molecule has 2 heterocycles. The zero-order valence-corrected chi connectivity index (χ0v) is 23.0. The number of hydrogen-bond acceptors (Lipinski definition) is 8. The summed E-state index contributed by atoms with van der Waals surface area (Å²) in [7, 11) is 1.50. The number of methoxy groups -OCH3 is 1. The zero-order valence-electron chi connectivity index (χ0n) is 22.2. The van der Waals surface area contributed by atoms with Gasteiger partial charge in [0.25, 0.3) is 11.3 Å². The highest BCUT2D eigenvalue weighted by Crippen LogP contribution is 2.33. The lowest BCUT2D eigenvalue weighted by Crippen LogP contribution is -2.42.